The molecule has 0 radical (unpaired) electrons. The zero-order chi connectivity index (χ0) is 12.7. The molecule has 2 heterocycles. The third kappa shape index (κ3) is 2.05. The molecule has 18 heavy (non-hydrogen) atoms. The van der Waals surface area contributed by atoms with E-state index in [0.29, 0.717) is 10.8 Å². The number of aliphatic hydroxyl groups excluding tert-OH is 1. The number of fused-ring (bicyclic) bond motifs is 1. The zero-order valence-electron chi connectivity index (χ0n) is 9.68. The summed E-state index contributed by atoms with van der Waals surface area (Å²) in [6.45, 7) is 2.03. The summed E-state index contributed by atoms with van der Waals surface area (Å²) in [4.78, 5) is 0.788. The molecule has 1 N–H and O–H groups in total. The summed E-state index contributed by atoms with van der Waals surface area (Å²) < 4.78 is 5.66. The molecule has 4 heteroatoms. The third-order valence-electron chi connectivity index (χ3n) is 2.82. The van der Waals surface area contributed by atoms with Gasteiger partial charge in [0.05, 0.1) is 5.02 Å². The molecule has 0 saturated carbocycles. The maximum Gasteiger partial charge on any atom is 0.146 e. The van der Waals surface area contributed by atoms with Gasteiger partial charge in [0, 0.05) is 15.6 Å². The van der Waals surface area contributed by atoms with Gasteiger partial charge in [-0.05, 0) is 31.2 Å². The minimum absolute atomic E-state index is 0.550. The van der Waals surface area contributed by atoms with Gasteiger partial charge in [-0.2, -0.15) is 0 Å². The number of hydrogen-bond acceptors (Lipinski definition) is 3. The molecule has 3 aromatic rings. The number of halogens is 1. The number of hydrogen-bond donors (Lipinski definition) is 1. The predicted octanol–water partition coefficient (Wildman–Crippen LogP) is 4.54. The van der Waals surface area contributed by atoms with Crippen molar-refractivity contribution in [3.63, 3.8) is 0 Å². The normalized spacial score (nSPS) is 13.1. The molecule has 0 bridgehead atoms. The fraction of sp³-hybridized carbons (Fsp3) is 0.143. The van der Waals surface area contributed by atoms with Crippen molar-refractivity contribution >= 4 is 33.9 Å². The molecule has 1 atom stereocenters. The van der Waals surface area contributed by atoms with Crippen LogP contribution >= 0.6 is 22.9 Å². The summed E-state index contributed by atoms with van der Waals surface area (Å²) in [6.07, 6.45) is -0.754. The summed E-state index contributed by atoms with van der Waals surface area (Å²) in [5.41, 5.74) is 1.96. The zero-order valence-corrected chi connectivity index (χ0v) is 11.3. The first kappa shape index (κ1) is 11.8. The maximum absolute atomic E-state index is 10.2. The predicted molar refractivity (Wildman–Crippen MR) is 74.3 cm³/mol. The molecular formula is C14H11ClO2S. The van der Waals surface area contributed by atoms with Crippen molar-refractivity contribution in [2.45, 2.75) is 13.0 Å². The van der Waals surface area contributed by atoms with E-state index in [-0.39, 0.29) is 0 Å². The van der Waals surface area contributed by atoms with Gasteiger partial charge in [-0.15, -0.1) is 11.3 Å². The third-order valence-corrected chi connectivity index (χ3v) is 4.15. The van der Waals surface area contributed by atoms with Gasteiger partial charge in [0.1, 0.15) is 17.4 Å². The van der Waals surface area contributed by atoms with Gasteiger partial charge in [-0.1, -0.05) is 23.2 Å². The van der Waals surface area contributed by atoms with E-state index in [1.807, 2.05) is 31.2 Å². The van der Waals surface area contributed by atoms with Crippen LogP contribution < -0.4 is 0 Å². The highest BCUT2D eigenvalue weighted by Crippen LogP contribution is 2.32. The Bertz CT molecular complexity index is 699. The van der Waals surface area contributed by atoms with Crippen molar-refractivity contribution in [2.75, 3.05) is 0 Å². The fourth-order valence-corrected chi connectivity index (χ4v) is 3.00. The van der Waals surface area contributed by atoms with E-state index < -0.39 is 6.10 Å². The lowest BCUT2D eigenvalue weighted by Crippen LogP contribution is -1.93. The van der Waals surface area contributed by atoms with Crippen molar-refractivity contribution in [1.82, 2.24) is 0 Å². The van der Waals surface area contributed by atoms with Crippen LogP contribution in [-0.4, -0.2) is 5.11 Å². The van der Waals surface area contributed by atoms with E-state index >= 15 is 0 Å². The van der Waals surface area contributed by atoms with Crippen molar-refractivity contribution < 1.29 is 9.52 Å². The summed E-state index contributed by atoms with van der Waals surface area (Å²) in [5.74, 6) is 0.550. The summed E-state index contributed by atoms with van der Waals surface area (Å²) >= 11 is 7.28. The number of aryl methyl sites for hydroxylation is 1. The maximum atomic E-state index is 10.2. The van der Waals surface area contributed by atoms with E-state index in [9.17, 15) is 5.11 Å². The van der Waals surface area contributed by atoms with Crippen molar-refractivity contribution in [1.29, 1.82) is 0 Å². The van der Waals surface area contributed by atoms with Gasteiger partial charge in [0.15, 0.2) is 0 Å². The van der Waals surface area contributed by atoms with E-state index in [1.54, 1.807) is 11.4 Å². The quantitative estimate of drug-likeness (QED) is 0.747. The average Bonchev–Trinajstić information content (AvgIpc) is 2.93. The van der Waals surface area contributed by atoms with Gasteiger partial charge in [-0.25, -0.2) is 0 Å². The van der Waals surface area contributed by atoms with Gasteiger partial charge in [-0.3, -0.25) is 0 Å². The van der Waals surface area contributed by atoms with Crippen molar-refractivity contribution in [3.05, 3.63) is 56.9 Å². The van der Waals surface area contributed by atoms with Crippen LogP contribution in [0.3, 0.4) is 0 Å². The fourth-order valence-electron chi connectivity index (χ4n) is 1.93. The van der Waals surface area contributed by atoms with E-state index in [2.05, 4.69) is 0 Å². The summed E-state index contributed by atoms with van der Waals surface area (Å²) in [5, 5.41) is 13.7. The second-order valence-corrected chi connectivity index (χ2v) is 5.64. The molecule has 2 nitrogen and oxygen atoms in total. The Labute approximate surface area is 113 Å². The van der Waals surface area contributed by atoms with E-state index in [4.69, 9.17) is 16.0 Å². The highest BCUT2D eigenvalue weighted by atomic mass is 35.5. The molecule has 1 aromatic carbocycles. The SMILES string of the molecule is Cc1ccc2oc(C(O)c3cc(Cl)cs3)cc2c1. The number of rotatable bonds is 2. The minimum Gasteiger partial charge on any atom is -0.458 e. The van der Waals surface area contributed by atoms with Crippen LogP contribution in [0.15, 0.2) is 40.1 Å². The minimum atomic E-state index is -0.754. The topological polar surface area (TPSA) is 33.4 Å². The molecule has 0 saturated heterocycles. The van der Waals surface area contributed by atoms with E-state index in [1.165, 1.54) is 16.9 Å². The van der Waals surface area contributed by atoms with Gasteiger partial charge >= 0.3 is 0 Å². The highest BCUT2D eigenvalue weighted by Gasteiger charge is 2.17. The lowest BCUT2D eigenvalue weighted by atomic mass is 10.1. The van der Waals surface area contributed by atoms with Crippen LogP contribution in [0.1, 0.15) is 22.3 Å². The standard InChI is InChI=1S/C14H11ClO2S/c1-8-2-3-11-9(4-8)5-12(17-11)14(16)13-6-10(15)7-18-13/h2-7,14,16H,1H3. The van der Waals surface area contributed by atoms with Crippen molar-refractivity contribution in [3.8, 4) is 0 Å². The number of aliphatic hydroxyl groups is 1. The van der Waals surface area contributed by atoms with Crippen LogP contribution in [0.5, 0.6) is 0 Å². The Morgan fingerprint density at radius 3 is 2.83 bits per heavy atom. The molecule has 0 fully saturated rings. The molecular weight excluding hydrogens is 268 g/mol. The average molecular weight is 279 g/mol. The second kappa shape index (κ2) is 4.43. The molecule has 92 valence electrons. The Morgan fingerprint density at radius 2 is 2.11 bits per heavy atom. The van der Waals surface area contributed by atoms with Crippen LogP contribution in [0.2, 0.25) is 5.02 Å². The first-order chi connectivity index (χ1) is 8.63. The number of benzene rings is 1. The number of furan rings is 1. The Morgan fingerprint density at radius 1 is 1.28 bits per heavy atom. The molecule has 0 amide bonds. The molecule has 3 rings (SSSR count). The van der Waals surface area contributed by atoms with Crippen molar-refractivity contribution in [2.24, 2.45) is 0 Å². The lowest BCUT2D eigenvalue weighted by Gasteiger charge is -2.03. The van der Waals surface area contributed by atoms with Crippen LogP contribution in [0.4, 0.5) is 0 Å². The monoisotopic (exact) mass is 278 g/mol. The van der Waals surface area contributed by atoms with Gasteiger partial charge in [0.25, 0.3) is 0 Å². The Balaban J connectivity index is 2.03. The van der Waals surface area contributed by atoms with Crippen LogP contribution in [-0.2, 0) is 0 Å². The Kier molecular flexibility index (Phi) is 2.90. The molecule has 1 unspecified atom stereocenters. The van der Waals surface area contributed by atoms with Gasteiger partial charge < -0.3 is 9.52 Å². The summed E-state index contributed by atoms with van der Waals surface area (Å²) in [7, 11) is 0. The number of thiophene rings is 1. The molecule has 0 aliphatic heterocycles. The van der Waals surface area contributed by atoms with Gasteiger partial charge in [0.2, 0.25) is 0 Å². The smallest absolute Gasteiger partial charge is 0.146 e. The first-order valence-electron chi connectivity index (χ1n) is 5.55. The second-order valence-electron chi connectivity index (χ2n) is 4.26. The Hall–Kier alpha value is -1.29. The highest BCUT2D eigenvalue weighted by molar-refractivity contribution is 7.10. The molecule has 0 spiro atoms. The molecule has 0 aliphatic rings. The van der Waals surface area contributed by atoms with Crippen LogP contribution in [0.25, 0.3) is 11.0 Å². The molecule has 2 aromatic heterocycles. The van der Waals surface area contributed by atoms with E-state index in [0.717, 1.165) is 15.8 Å². The largest absolute Gasteiger partial charge is 0.458 e. The molecule has 0 aliphatic carbocycles. The lowest BCUT2D eigenvalue weighted by molar-refractivity contribution is 0.196. The first-order valence-corrected chi connectivity index (χ1v) is 6.81. The van der Waals surface area contributed by atoms with Crippen LogP contribution in [0, 0.1) is 6.92 Å². The summed E-state index contributed by atoms with van der Waals surface area (Å²) in [6, 6.07) is 9.58.